The van der Waals surface area contributed by atoms with E-state index in [-0.39, 0.29) is 45.5 Å². The molecule has 2 atom stereocenters. The molecule has 0 spiro atoms. The van der Waals surface area contributed by atoms with Crippen molar-refractivity contribution in [2.75, 3.05) is 20.2 Å². The van der Waals surface area contributed by atoms with Crippen LogP contribution in [0, 0.1) is 0 Å². The number of nitrogens with zero attached hydrogens (tertiary/aromatic N) is 4. The fraction of sp³-hybridized carbons (Fsp3) is 0.321. The van der Waals surface area contributed by atoms with Crippen molar-refractivity contribution in [3.63, 3.8) is 0 Å². The number of nitrogens with two attached hydrogens (primary N) is 1. The Labute approximate surface area is 232 Å². The van der Waals surface area contributed by atoms with Crippen molar-refractivity contribution in [3.8, 4) is 17.2 Å². The van der Waals surface area contributed by atoms with Gasteiger partial charge >= 0.3 is 6.18 Å². The lowest BCUT2D eigenvalue weighted by molar-refractivity contribution is -0.141. The Morgan fingerprint density at radius 2 is 1.88 bits per heavy atom. The minimum Gasteiger partial charge on any atom is -0.494 e. The van der Waals surface area contributed by atoms with Gasteiger partial charge in [0.15, 0.2) is 11.5 Å². The van der Waals surface area contributed by atoms with Crippen LogP contribution in [0.15, 0.2) is 53.2 Å². The molecule has 1 aliphatic heterocycles. The third-order valence-electron chi connectivity index (χ3n) is 6.80. The van der Waals surface area contributed by atoms with Crippen molar-refractivity contribution in [2.45, 2.75) is 38.0 Å². The topological polar surface area (TPSA) is 136 Å². The summed E-state index contributed by atoms with van der Waals surface area (Å²) in [6, 6.07) is 6.63. The monoisotopic (exact) mass is 568 g/mol. The van der Waals surface area contributed by atoms with Gasteiger partial charge in [-0.3, -0.25) is 14.6 Å². The lowest BCUT2D eigenvalue weighted by Crippen LogP contribution is -2.42. The summed E-state index contributed by atoms with van der Waals surface area (Å²) in [6.07, 6.45) is 0.146. The largest absolute Gasteiger partial charge is 0.494 e. The third-order valence-corrected chi connectivity index (χ3v) is 6.80. The number of oxazole rings is 1. The molecular formula is C28H27F3N6O4. The first-order chi connectivity index (χ1) is 19.6. The zero-order valence-electron chi connectivity index (χ0n) is 22.2. The van der Waals surface area contributed by atoms with Crippen molar-refractivity contribution >= 4 is 22.7 Å². The van der Waals surface area contributed by atoms with Crippen LogP contribution >= 0.6 is 0 Å². The van der Waals surface area contributed by atoms with E-state index in [1.54, 1.807) is 36.2 Å². The predicted octanol–water partition coefficient (Wildman–Crippen LogP) is 4.43. The van der Waals surface area contributed by atoms with Gasteiger partial charge in [0.2, 0.25) is 11.8 Å². The highest BCUT2D eigenvalue weighted by molar-refractivity contribution is 5.99. The van der Waals surface area contributed by atoms with Gasteiger partial charge in [-0.15, -0.1) is 0 Å². The highest BCUT2D eigenvalue weighted by atomic mass is 19.4. The number of aromatic nitrogens is 3. The zero-order valence-corrected chi connectivity index (χ0v) is 22.2. The van der Waals surface area contributed by atoms with Gasteiger partial charge in [0.1, 0.15) is 23.0 Å². The Morgan fingerprint density at radius 1 is 1.12 bits per heavy atom. The quantitative estimate of drug-likeness (QED) is 0.334. The molecule has 1 unspecified atom stereocenters. The normalized spacial score (nSPS) is 15.1. The van der Waals surface area contributed by atoms with Crippen molar-refractivity contribution in [1.29, 1.82) is 0 Å². The number of methoxy groups -OCH3 is 1. The van der Waals surface area contributed by atoms with E-state index in [2.05, 4.69) is 20.3 Å². The van der Waals surface area contributed by atoms with Gasteiger partial charge in [-0.1, -0.05) is 6.07 Å². The highest BCUT2D eigenvalue weighted by Crippen LogP contribution is 2.37. The first-order valence-electron chi connectivity index (χ1n) is 12.9. The predicted molar refractivity (Wildman–Crippen MR) is 142 cm³/mol. The molecule has 1 aromatic carbocycles. The van der Waals surface area contributed by atoms with Gasteiger partial charge in [0.05, 0.1) is 13.2 Å². The molecule has 41 heavy (non-hydrogen) atoms. The van der Waals surface area contributed by atoms with Crippen LogP contribution in [0.5, 0.6) is 5.75 Å². The number of alkyl halides is 3. The van der Waals surface area contributed by atoms with Gasteiger partial charge in [0.25, 0.3) is 5.91 Å². The van der Waals surface area contributed by atoms with Crippen LogP contribution in [0.3, 0.4) is 0 Å². The summed E-state index contributed by atoms with van der Waals surface area (Å²) in [6.45, 7) is 2.76. The van der Waals surface area contributed by atoms with Crippen LogP contribution < -0.4 is 15.8 Å². The molecule has 5 rings (SSSR count). The minimum atomic E-state index is -4.66. The van der Waals surface area contributed by atoms with E-state index < -0.39 is 29.9 Å². The summed E-state index contributed by atoms with van der Waals surface area (Å²) in [4.78, 5) is 40.9. The van der Waals surface area contributed by atoms with E-state index >= 15 is 0 Å². The van der Waals surface area contributed by atoms with E-state index in [0.29, 0.717) is 18.7 Å². The molecule has 0 saturated carbocycles. The fourth-order valence-electron chi connectivity index (χ4n) is 4.77. The number of ether oxygens (including phenoxy) is 1. The average molecular weight is 569 g/mol. The summed E-state index contributed by atoms with van der Waals surface area (Å²) in [5.41, 5.74) is 5.59. The number of rotatable bonds is 7. The number of fused-ring (bicyclic) bond motifs is 1. The van der Waals surface area contributed by atoms with Crippen LogP contribution in [-0.4, -0.2) is 51.9 Å². The Hall–Kier alpha value is -4.52. The number of nitrogens with one attached hydrogen (secondary N) is 1. The molecule has 0 bridgehead atoms. The van der Waals surface area contributed by atoms with Gasteiger partial charge in [-0.05, 0) is 50.1 Å². The van der Waals surface area contributed by atoms with Crippen LogP contribution in [0.2, 0.25) is 0 Å². The number of halogens is 3. The second kappa shape index (κ2) is 11.2. The zero-order chi connectivity index (χ0) is 29.3. The maximum atomic E-state index is 13.6. The van der Waals surface area contributed by atoms with E-state index in [1.807, 2.05) is 0 Å². The fourth-order valence-corrected chi connectivity index (χ4v) is 4.77. The van der Waals surface area contributed by atoms with Crippen molar-refractivity contribution < 1.29 is 31.9 Å². The molecule has 2 amide bonds. The molecule has 3 aromatic heterocycles. The van der Waals surface area contributed by atoms with E-state index in [4.69, 9.17) is 14.9 Å². The number of likely N-dealkylation sites (tertiary alicyclic amines) is 1. The maximum absolute atomic E-state index is 13.6. The SMILES string of the molecule is COc1ccc(-c2nc(C(=O)NC(C(=O)N3CCCC3)c3cccnc3)c([C@H](C)N)o2)c2ccc(C(F)(F)F)nc12. The summed E-state index contributed by atoms with van der Waals surface area (Å²) < 4.78 is 51.3. The number of amides is 2. The summed E-state index contributed by atoms with van der Waals surface area (Å²) in [5.74, 6) is -0.876. The Kier molecular flexibility index (Phi) is 7.63. The van der Waals surface area contributed by atoms with Crippen molar-refractivity contribution in [3.05, 3.63) is 71.5 Å². The van der Waals surface area contributed by atoms with Crippen LogP contribution in [-0.2, 0) is 11.0 Å². The lowest BCUT2D eigenvalue weighted by atomic mass is 10.1. The molecule has 10 nitrogen and oxygen atoms in total. The number of benzene rings is 1. The van der Waals surface area contributed by atoms with Gasteiger partial charge < -0.3 is 25.1 Å². The van der Waals surface area contributed by atoms with Gasteiger partial charge in [0, 0.05) is 42.0 Å². The third kappa shape index (κ3) is 5.57. The number of carbonyl (C=O) groups is 2. The second-order valence-electron chi connectivity index (χ2n) is 9.65. The van der Waals surface area contributed by atoms with Crippen molar-refractivity contribution in [1.82, 2.24) is 25.2 Å². The molecule has 13 heteroatoms. The number of pyridine rings is 2. The molecular weight excluding hydrogens is 541 g/mol. The average Bonchev–Trinajstić information content (AvgIpc) is 3.66. The van der Waals surface area contributed by atoms with E-state index in [0.717, 1.165) is 18.9 Å². The lowest BCUT2D eigenvalue weighted by Gasteiger charge is -2.24. The van der Waals surface area contributed by atoms with Crippen LogP contribution in [0.1, 0.15) is 59.4 Å². The molecule has 0 radical (unpaired) electrons. The molecule has 1 saturated heterocycles. The molecule has 4 heterocycles. The number of hydrogen-bond donors (Lipinski definition) is 2. The van der Waals surface area contributed by atoms with Gasteiger partial charge in [-0.25, -0.2) is 9.97 Å². The van der Waals surface area contributed by atoms with Crippen LogP contribution in [0.4, 0.5) is 13.2 Å². The molecule has 3 N–H and O–H groups in total. The second-order valence-corrected chi connectivity index (χ2v) is 9.65. The Bertz CT molecular complexity index is 1580. The number of hydrogen-bond acceptors (Lipinski definition) is 8. The summed E-state index contributed by atoms with van der Waals surface area (Å²) >= 11 is 0. The maximum Gasteiger partial charge on any atom is 0.433 e. The highest BCUT2D eigenvalue weighted by Gasteiger charge is 2.34. The minimum absolute atomic E-state index is 0.0416. The van der Waals surface area contributed by atoms with E-state index in [9.17, 15) is 22.8 Å². The molecule has 0 aliphatic carbocycles. The molecule has 214 valence electrons. The molecule has 1 fully saturated rings. The van der Waals surface area contributed by atoms with Gasteiger partial charge in [-0.2, -0.15) is 13.2 Å². The van der Waals surface area contributed by atoms with Crippen LogP contribution in [0.25, 0.3) is 22.4 Å². The number of carbonyl (C=O) groups excluding carboxylic acids is 2. The smallest absolute Gasteiger partial charge is 0.433 e. The van der Waals surface area contributed by atoms with E-state index in [1.165, 1.54) is 25.4 Å². The Morgan fingerprint density at radius 3 is 2.51 bits per heavy atom. The van der Waals surface area contributed by atoms with Crippen molar-refractivity contribution in [2.24, 2.45) is 5.73 Å². The first-order valence-corrected chi connectivity index (χ1v) is 12.9. The Balaban J connectivity index is 1.55. The summed E-state index contributed by atoms with van der Waals surface area (Å²) in [7, 11) is 1.32. The molecule has 4 aromatic rings. The first kappa shape index (κ1) is 28.0. The standard InChI is InChI=1S/C28H27F3N6O4/c1-15(32)24-23(25(38)35-21(16-6-5-11-33-14-16)27(39)37-12-3-4-13-37)36-26(41-24)18-7-9-19(40-2)22-17(18)8-10-20(34-22)28(29,30)31/h5-11,14-15,21H,3-4,12-13,32H2,1-2H3,(H,35,38)/t15-,21?/m0/s1. The molecule has 1 aliphatic rings. The summed E-state index contributed by atoms with van der Waals surface area (Å²) in [5, 5.41) is 3.02.